The number of alkyl halides is 3. The molecule has 0 unspecified atom stereocenters. The Morgan fingerprint density at radius 3 is 2.47 bits per heavy atom. The van der Waals surface area contributed by atoms with Crippen LogP contribution in [-0.4, -0.2) is 21.3 Å². The average Bonchev–Trinajstić information content (AvgIpc) is 2.27. The summed E-state index contributed by atoms with van der Waals surface area (Å²) in [4.78, 5) is -0.525. The molecule has 0 saturated carbocycles. The van der Waals surface area contributed by atoms with E-state index in [4.69, 9.17) is 0 Å². The number of benzene rings is 1. The van der Waals surface area contributed by atoms with Gasteiger partial charge in [0, 0.05) is 6.54 Å². The van der Waals surface area contributed by atoms with Gasteiger partial charge in [-0.05, 0) is 18.6 Å². The minimum Gasteiger partial charge on any atom is -0.404 e. The predicted octanol–water partition coefficient (Wildman–Crippen LogP) is 2.66. The maximum Gasteiger partial charge on any atom is 0.573 e. The Morgan fingerprint density at radius 2 is 1.89 bits per heavy atom. The van der Waals surface area contributed by atoms with Gasteiger partial charge in [0.1, 0.15) is 10.6 Å². The van der Waals surface area contributed by atoms with E-state index in [1.807, 2.05) is 6.92 Å². The minimum atomic E-state index is -4.94. The van der Waals surface area contributed by atoms with Crippen LogP contribution in [0.25, 0.3) is 0 Å². The van der Waals surface area contributed by atoms with Crippen LogP contribution in [0, 0.1) is 0 Å². The Balaban J connectivity index is 2.99. The number of halogens is 3. The van der Waals surface area contributed by atoms with E-state index in [2.05, 4.69) is 9.46 Å². The maximum atomic E-state index is 12.2. The molecule has 19 heavy (non-hydrogen) atoms. The van der Waals surface area contributed by atoms with Crippen molar-refractivity contribution >= 4 is 10.0 Å². The average molecular weight is 297 g/mol. The number of para-hydroxylation sites is 1. The second-order valence-electron chi connectivity index (χ2n) is 3.75. The lowest BCUT2D eigenvalue weighted by molar-refractivity contribution is -0.275. The summed E-state index contributed by atoms with van der Waals surface area (Å²) >= 11 is 0. The van der Waals surface area contributed by atoms with Crippen molar-refractivity contribution < 1.29 is 26.3 Å². The van der Waals surface area contributed by atoms with Crippen molar-refractivity contribution in [3.8, 4) is 5.75 Å². The summed E-state index contributed by atoms with van der Waals surface area (Å²) in [5.41, 5.74) is 0. The van der Waals surface area contributed by atoms with Crippen molar-refractivity contribution in [3.05, 3.63) is 24.3 Å². The summed E-state index contributed by atoms with van der Waals surface area (Å²) in [5.74, 6) is -0.737. The number of ether oxygens (including phenoxy) is 1. The summed E-state index contributed by atoms with van der Waals surface area (Å²) < 4.78 is 66.2. The molecule has 0 aliphatic carbocycles. The van der Waals surface area contributed by atoms with Crippen LogP contribution < -0.4 is 9.46 Å². The zero-order chi connectivity index (χ0) is 14.5. The first-order valence-corrected chi connectivity index (χ1v) is 7.09. The smallest absolute Gasteiger partial charge is 0.404 e. The molecule has 1 rings (SSSR count). The molecule has 0 aliphatic rings. The van der Waals surface area contributed by atoms with E-state index in [-0.39, 0.29) is 6.54 Å². The number of hydrogen-bond donors (Lipinski definition) is 1. The first-order chi connectivity index (χ1) is 8.76. The molecule has 1 N–H and O–H groups in total. The molecule has 4 nitrogen and oxygen atoms in total. The van der Waals surface area contributed by atoms with Crippen molar-refractivity contribution in [3.63, 3.8) is 0 Å². The highest BCUT2D eigenvalue weighted by atomic mass is 32.2. The maximum absolute atomic E-state index is 12.2. The van der Waals surface area contributed by atoms with Gasteiger partial charge in [0.25, 0.3) is 0 Å². The summed E-state index contributed by atoms with van der Waals surface area (Å²) in [6.45, 7) is 2.04. The van der Waals surface area contributed by atoms with Gasteiger partial charge in [-0.25, -0.2) is 13.1 Å². The van der Waals surface area contributed by atoms with E-state index >= 15 is 0 Å². The molecule has 108 valence electrons. The molecule has 1 aromatic carbocycles. The van der Waals surface area contributed by atoms with Gasteiger partial charge in [0.05, 0.1) is 0 Å². The van der Waals surface area contributed by atoms with E-state index < -0.39 is 27.0 Å². The van der Waals surface area contributed by atoms with Crippen LogP contribution >= 0.6 is 0 Å². The van der Waals surface area contributed by atoms with Gasteiger partial charge in [-0.2, -0.15) is 0 Å². The first-order valence-electron chi connectivity index (χ1n) is 5.60. The zero-order valence-electron chi connectivity index (χ0n) is 10.2. The third-order valence-electron chi connectivity index (χ3n) is 2.19. The zero-order valence-corrected chi connectivity index (χ0v) is 11.0. The molecule has 0 fully saturated rings. The predicted molar refractivity (Wildman–Crippen MR) is 63.2 cm³/mol. The Bertz CT molecular complexity index is 514. The van der Waals surface area contributed by atoms with E-state index in [1.165, 1.54) is 12.1 Å². The number of nitrogens with one attached hydrogen (secondary N) is 1. The first kappa shape index (κ1) is 15.8. The summed E-state index contributed by atoms with van der Waals surface area (Å²) in [6.07, 6.45) is -3.57. The van der Waals surface area contributed by atoms with E-state index in [0.29, 0.717) is 6.42 Å². The summed E-state index contributed by atoms with van der Waals surface area (Å²) in [6, 6.07) is 4.63. The highest BCUT2D eigenvalue weighted by Gasteiger charge is 2.33. The van der Waals surface area contributed by atoms with Gasteiger partial charge in [0.15, 0.2) is 0 Å². The van der Waals surface area contributed by atoms with E-state index in [9.17, 15) is 21.6 Å². The minimum absolute atomic E-state index is 0.166. The van der Waals surface area contributed by atoms with E-state index in [0.717, 1.165) is 18.6 Å². The Hall–Kier alpha value is -1.28. The van der Waals surface area contributed by atoms with Gasteiger partial charge in [-0.1, -0.05) is 25.5 Å². The standard InChI is InChI=1S/C11H14F3NO3S/c1-2-3-8-15-19(16,17)10-7-5-4-6-9(10)18-11(12,13)14/h4-7,15H,2-3,8H2,1H3. The highest BCUT2D eigenvalue weighted by Crippen LogP contribution is 2.29. The molecule has 0 saturated heterocycles. The largest absolute Gasteiger partial charge is 0.573 e. The number of rotatable bonds is 6. The molecule has 8 heteroatoms. The normalized spacial score (nSPS) is 12.4. The SMILES string of the molecule is CCCCNS(=O)(=O)c1ccccc1OC(F)(F)F. The molecule has 0 aliphatic heterocycles. The van der Waals surface area contributed by atoms with Crippen LogP contribution in [0.5, 0.6) is 5.75 Å². The molecular weight excluding hydrogens is 283 g/mol. The van der Waals surface area contributed by atoms with Crippen LogP contribution in [-0.2, 0) is 10.0 Å². The fourth-order valence-corrected chi connectivity index (χ4v) is 2.54. The van der Waals surface area contributed by atoms with Crippen LogP contribution in [0.1, 0.15) is 19.8 Å². The second kappa shape index (κ2) is 6.25. The third-order valence-corrected chi connectivity index (χ3v) is 3.69. The Kier molecular flexibility index (Phi) is 5.19. The molecule has 0 amide bonds. The van der Waals surface area contributed by atoms with Crippen LogP contribution in [0.15, 0.2) is 29.2 Å². The van der Waals surface area contributed by atoms with Crippen molar-refractivity contribution in [1.29, 1.82) is 0 Å². The van der Waals surface area contributed by atoms with Gasteiger partial charge in [0.2, 0.25) is 10.0 Å². The second-order valence-corrected chi connectivity index (χ2v) is 5.48. The lowest BCUT2D eigenvalue weighted by Gasteiger charge is -2.13. The van der Waals surface area contributed by atoms with Crippen LogP contribution in [0.4, 0.5) is 13.2 Å². The molecule has 1 aromatic rings. The molecule has 0 radical (unpaired) electrons. The summed E-state index contributed by atoms with van der Waals surface area (Å²) in [5, 5.41) is 0. The van der Waals surface area contributed by atoms with Gasteiger partial charge in [-0.15, -0.1) is 13.2 Å². The number of unbranched alkanes of at least 4 members (excludes halogenated alkanes) is 1. The monoisotopic (exact) mass is 297 g/mol. The Morgan fingerprint density at radius 1 is 1.26 bits per heavy atom. The third kappa shape index (κ3) is 5.07. The van der Waals surface area contributed by atoms with Crippen LogP contribution in [0.2, 0.25) is 0 Å². The number of hydrogen-bond acceptors (Lipinski definition) is 3. The molecule has 0 aromatic heterocycles. The fourth-order valence-electron chi connectivity index (χ4n) is 1.34. The highest BCUT2D eigenvalue weighted by molar-refractivity contribution is 7.89. The quantitative estimate of drug-likeness (QED) is 0.821. The van der Waals surface area contributed by atoms with E-state index in [1.54, 1.807) is 0 Å². The van der Waals surface area contributed by atoms with Crippen molar-refractivity contribution in [2.45, 2.75) is 31.0 Å². The van der Waals surface area contributed by atoms with Crippen molar-refractivity contribution in [2.75, 3.05) is 6.54 Å². The van der Waals surface area contributed by atoms with Crippen molar-refractivity contribution in [2.24, 2.45) is 0 Å². The lowest BCUT2D eigenvalue weighted by atomic mass is 10.3. The molecule has 0 spiro atoms. The lowest BCUT2D eigenvalue weighted by Crippen LogP contribution is -2.26. The van der Waals surface area contributed by atoms with Crippen LogP contribution in [0.3, 0.4) is 0 Å². The molecule has 0 heterocycles. The van der Waals surface area contributed by atoms with Gasteiger partial charge in [-0.3, -0.25) is 0 Å². The topological polar surface area (TPSA) is 55.4 Å². The number of sulfonamides is 1. The van der Waals surface area contributed by atoms with Crippen molar-refractivity contribution in [1.82, 2.24) is 4.72 Å². The molecular formula is C11H14F3NO3S. The summed E-state index contributed by atoms with van der Waals surface area (Å²) in [7, 11) is -4.01. The van der Waals surface area contributed by atoms with Gasteiger partial charge < -0.3 is 4.74 Å². The molecule has 0 atom stereocenters. The Labute approximate surface area is 109 Å². The molecule has 0 bridgehead atoms. The van der Waals surface area contributed by atoms with Gasteiger partial charge >= 0.3 is 6.36 Å². The fraction of sp³-hybridized carbons (Fsp3) is 0.455.